The molecule has 0 unspecified atom stereocenters. The van der Waals surface area contributed by atoms with Crippen molar-refractivity contribution in [3.63, 3.8) is 0 Å². The lowest BCUT2D eigenvalue weighted by molar-refractivity contribution is 0.0688. The Kier molecular flexibility index (Phi) is 5.00. The van der Waals surface area contributed by atoms with Crippen molar-refractivity contribution in [3.05, 3.63) is 27.7 Å². The number of aryl methyl sites for hydroxylation is 1. The van der Waals surface area contributed by atoms with Gasteiger partial charge < -0.3 is 9.84 Å². The third kappa shape index (κ3) is 3.46. The van der Waals surface area contributed by atoms with Crippen molar-refractivity contribution in [1.82, 2.24) is 0 Å². The van der Waals surface area contributed by atoms with E-state index in [0.29, 0.717) is 5.75 Å². The fourth-order valence-corrected chi connectivity index (χ4v) is 2.24. The highest BCUT2D eigenvalue weighted by atomic mass is 79.9. The first-order chi connectivity index (χ1) is 7.99. The van der Waals surface area contributed by atoms with Gasteiger partial charge in [-0.3, -0.25) is 0 Å². The van der Waals surface area contributed by atoms with E-state index in [1.807, 2.05) is 26.8 Å². The van der Waals surface area contributed by atoms with E-state index in [1.54, 1.807) is 6.07 Å². The third-order valence-electron chi connectivity index (χ3n) is 2.67. The number of carboxylic acids is 1. The van der Waals surface area contributed by atoms with Gasteiger partial charge in [0.25, 0.3) is 0 Å². The molecule has 0 bridgehead atoms. The van der Waals surface area contributed by atoms with Gasteiger partial charge in [-0.2, -0.15) is 0 Å². The van der Waals surface area contributed by atoms with Crippen LogP contribution in [0.5, 0.6) is 5.75 Å². The van der Waals surface area contributed by atoms with E-state index in [-0.39, 0.29) is 11.7 Å². The number of halogens is 1. The Morgan fingerprint density at radius 2 is 2.00 bits per heavy atom. The van der Waals surface area contributed by atoms with Crippen LogP contribution in [-0.2, 0) is 0 Å². The number of hydrogen-bond acceptors (Lipinski definition) is 2. The van der Waals surface area contributed by atoms with E-state index in [9.17, 15) is 9.90 Å². The Bertz CT molecular complexity index is 411. The highest BCUT2D eigenvalue weighted by Gasteiger charge is 2.17. The minimum Gasteiger partial charge on any atom is -0.489 e. The minimum absolute atomic E-state index is 0.0629. The van der Waals surface area contributed by atoms with Gasteiger partial charge in [0.15, 0.2) is 0 Å². The standard InChI is InChI=1S/C13H17BrO3/c1-4-10(5-2)17-12-8(3)6-9(14)7-11(12)13(15)16/h6-7,10H,4-5H2,1-3H3,(H,15,16). The lowest BCUT2D eigenvalue weighted by Gasteiger charge is -2.19. The van der Waals surface area contributed by atoms with Crippen LogP contribution in [0.1, 0.15) is 42.6 Å². The fraction of sp³-hybridized carbons (Fsp3) is 0.462. The van der Waals surface area contributed by atoms with Gasteiger partial charge in [-0.25, -0.2) is 4.79 Å². The summed E-state index contributed by atoms with van der Waals surface area (Å²) in [5.41, 5.74) is 1.05. The summed E-state index contributed by atoms with van der Waals surface area (Å²) >= 11 is 3.30. The summed E-state index contributed by atoms with van der Waals surface area (Å²) in [6.45, 7) is 5.92. The van der Waals surface area contributed by atoms with Gasteiger partial charge in [0.05, 0.1) is 6.10 Å². The number of aromatic carboxylic acids is 1. The molecule has 0 aliphatic heterocycles. The minimum atomic E-state index is -0.963. The molecule has 0 saturated carbocycles. The van der Waals surface area contributed by atoms with E-state index >= 15 is 0 Å². The summed E-state index contributed by atoms with van der Waals surface area (Å²) in [5, 5.41) is 9.17. The third-order valence-corrected chi connectivity index (χ3v) is 3.12. The second-order valence-corrected chi connectivity index (χ2v) is 4.88. The molecule has 0 saturated heterocycles. The normalized spacial score (nSPS) is 10.6. The zero-order valence-corrected chi connectivity index (χ0v) is 11.9. The molecule has 3 nitrogen and oxygen atoms in total. The van der Waals surface area contributed by atoms with Gasteiger partial charge in [-0.1, -0.05) is 29.8 Å². The highest BCUT2D eigenvalue weighted by molar-refractivity contribution is 9.10. The summed E-state index contributed by atoms with van der Waals surface area (Å²) in [7, 11) is 0. The Balaban J connectivity index is 3.16. The molecule has 0 amide bonds. The van der Waals surface area contributed by atoms with E-state index in [1.165, 1.54) is 0 Å². The molecule has 4 heteroatoms. The second kappa shape index (κ2) is 6.05. The van der Waals surface area contributed by atoms with Crippen LogP contribution in [0.2, 0.25) is 0 Å². The van der Waals surface area contributed by atoms with Crippen LogP contribution in [0.25, 0.3) is 0 Å². The molecule has 17 heavy (non-hydrogen) atoms. The van der Waals surface area contributed by atoms with Gasteiger partial charge in [-0.05, 0) is 37.5 Å². The van der Waals surface area contributed by atoms with Crippen LogP contribution < -0.4 is 4.74 Å². The van der Waals surface area contributed by atoms with Crippen molar-refractivity contribution < 1.29 is 14.6 Å². The lowest BCUT2D eigenvalue weighted by Crippen LogP contribution is -2.16. The van der Waals surface area contributed by atoms with Gasteiger partial charge in [0, 0.05) is 4.47 Å². The lowest BCUT2D eigenvalue weighted by atomic mass is 10.1. The summed E-state index contributed by atoms with van der Waals surface area (Å²) < 4.78 is 6.54. The Labute approximate surface area is 110 Å². The van der Waals surface area contributed by atoms with Gasteiger partial charge in [0.2, 0.25) is 0 Å². The molecule has 94 valence electrons. The summed E-state index contributed by atoms with van der Waals surface area (Å²) in [6, 6.07) is 3.44. The maximum atomic E-state index is 11.2. The molecule has 0 fully saturated rings. The van der Waals surface area contributed by atoms with E-state index in [2.05, 4.69) is 15.9 Å². The van der Waals surface area contributed by atoms with E-state index in [4.69, 9.17) is 4.74 Å². The fourth-order valence-electron chi connectivity index (χ4n) is 1.67. The largest absolute Gasteiger partial charge is 0.489 e. The average Bonchev–Trinajstić information content (AvgIpc) is 2.27. The SMILES string of the molecule is CCC(CC)Oc1c(C)cc(Br)cc1C(=O)O. The zero-order chi connectivity index (χ0) is 13.0. The first kappa shape index (κ1) is 14.0. The predicted octanol–water partition coefficient (Wildman–Crippen LogP) is 4.02. The first-order valence-corrected chi connectivity index (χ1v) is 6.48. The highest BCUT2D eigenvalue weighted by Crippen LogP contribution is 2.29. The molecular formula is C13H17BrO3. The van der Waals surface area contributed by atoms with Crippen molar-refractivity contribution in [3.8, 4) is 5.75 Å². The van der Waals surface area contributed by atoms with Crippen LogP contribution in [0.4, 0.5) is 0 Å². The molecule has 1 N–H and O–H groups in total. The Hall–Kier alpha value is -1.03. The number of rotatable bonds is 5. The molecule has 0 heterocycles. The van der Waals surface area contributed by atoms with Crippen LogP contribution in [0.3, 0.4) is 0 Å². The molecule has 0 radical (unpaired) electrons. The van der Waals surface area contributed by atoms with Crippen molar-refractivity contribution in [2.75, 3.05) is 0 Å². The van der Waals surface area contributed by atoms with E-state index < -0.39 is 5.97 Å². The molecule has 0 aliphatic rings. The van der Waals surface area contributed by atoms with Gasteiger partial charge in [0.1, 0.15) is 11.3 Å². The zero-order valence-electron chi connectivity index (χ0n) is 10.3. The van der Waals surface area contributed by atoms with Crippen molar-refractivity contribution in [2.24, 2.45) is 0 Å². The summed E-state index contributed by atoms with van der Waals surface area (Å²) in [6.07, 6.45) is 1.80. The second-order valence-electron chi connectivity index (χ2n) is 3.96. The van der Waals surface area contributed by atoms with Crippen LogP contribution in [0.15, 0.2) is 16.6 Å². The molecule has 0 spiro atoms. The number of benzene rings is 1. The monoisotopic (exact) mass is 300 g/mol. The molecule has 1 aromatic carbocycles. The summed E-state index contributed by atoms with van der Waals surface area (Å²) in [4.78, 5) is 11.2. The van der Waals surface area contributed by atoms with Crippen LogP contribution >= 0.6 is 15.9 Å². The Morgan fingerprint density at radius 3 is 2.47 bits per heavy atom. The maximum absolute atomic E-state index is 11.2. The predicted molar refractivity (Wildman–Crippen MR) is 70.8 cm³/mol. The smallest absolute Gasteiger partial charge is 0.339 e. The molecule has 0 aliphatic carbocycles. The first-order valence-electron chi connectivity index (χ1n) is 5.69. The van der Waals surface area contributed by atoms with Crippen LogP contribution in [-0.4, -0.2) is 17.2 Å². The molecular weight excluding hydrogens is 284 g/mol. The quantitative estimate of drug-likeness (QED) is 0.893. The van der Waals surface area contributed by atoms with Crippen molar-refractivity contribution in [2.45, 2.75) is 39.7 Å². The van der Waals surface area contributed by atoms with E-state index in [0.717, 1.165) is 22.9 Å². The van der Waals surface area contributed by atoms with Crippen molar-refractivity contribution >= 4 is 21.9 Å². The maximum Gasteiger partial charge on any atom is 0.339 e. The van der Waals surface area contributed by atoms with Gasteiger partial charge >= 0.3 is 5.97 Å². The number of carboxylic acid groups (broad SMARTS) is 1. The van der Waals surface area contributed by atoms with Crippen LogP contribution in [0, 0.1) is 6.92 Å². The summed E-state index contributed by atoms with van der Waals surface area (Å²) in [5.74, 6) is -0.482. The average molecular weight is 301 g/mol. The van der Waals surface area contributed by atoms with Crippen molar-refractivity contribution in [1.29, 1.82) is 0 Å². The van der Waals surface area contributed by atoms with Gasteiger partial charge in [-0.15, -0.1) is 0 Å². The Morgan fingerprint density at radius 1 is 1.41 bits per heavy atom. The topological polar surface area (TPSA) is 46.5 Å². The number of carbonyl (C=O) groups is 1. The molecule has 0 atom stereocenters. The number of ether oxygens (including phenoxy) is 1. The molecule has 0 aromatic heterocycles. The molecule has 1 rings (SSSR count). The molecule has 1 aromatic rings. The number of hydrogen-bond donors (Lipinski definition) is 1.